The molecular weight excluding hydrogens is 358 g/mol. The number of urea groups is 1. The van der Waals surface area contributed by atoms with Gasteiger partial charge in [0.15, 0.2) is 5.69 Å². The fourth-order valence-electron chi connectivity index (χ4n) is 4.78. The van der Waals surface area contributed by atoms with Gasteiger partial charge in [-0.1, -0.05) is 18.2 Å². The van der Waals surface area contributed by atoms with Crippen LogP contribution in [0, 0.1) is 5.92 Å². The number of para-hydroxylation sites is 1. The molecule has 1 aromatic heterocycles. The quantitative estimate of drug-likeness (QED) is 0.845. The minimum atomic E-state index is -0.643. The Morgan fingerprint density at radius 1 is 1.04 bits per heavy atom. The molecule has 3 amide bonds. The van der Waals surface area contributed by atoms with E-state index >= 15 is 0 Å². The van der Waals surface area contributed by atoms with Crippen LogP contribution in [0.3, 0.4) is 0 Å². The van der Waals surface area contributed by atoms with Crippen molar-refractivity contribution >= 4 is 23.6 Å². The van der Waals surface area contributed by atoms with Crippen molar-refractivity contribution in [1.82, 2.24) is 20.1 Å². The van der Waals surface area contributed by atoms with Gasteiger partial charge >= 0.3 is 6.03 Å². The van der Waals surface area contributed by atoms with Gasteiger partial charge in [-0.15, -0.1) is 10.2 Å². The van der Waals surface area contributed by atoms with Crippen LogP contribution in [0.15, 0.2) is 36.5 Å². The molecule has 3 unspecified atom stereocenters. The lowest BCUT2D eigenvalue weighted by Crippen LogP contribution is -2.52. The summed E-state index contributed by atoms with van der Waals surface area (Å²) in [5, 5.41) is 7.97. The Morgan fingerprint density at radius 2 is 1.79 bits per heavy atom. The molecule has 144 valence electrons. The van der Waals surface area contributed by atoms with Gasteiger partial charge in [-0.05, 0) is 30.9 Å². The molecule has 3 fully saturated rings. The van der Waals surface area contributed by atoms with E-state index < -0.39 is 5.91 Å². The van der Waals surface area contributed by atoms with E-state index in [9.17, 15) is 9.59 Å². The van der Waals surface area contributed by atoms with Crippen LogP contribution < -0.4 is 15.5 Å². The molecule has 2 N–H and O–H groups in total. The first-order chi connectivity index (χ1) is 13.6. The smallest absolute Gasteiger partial charge is 0.324 e. The highest BCUT2D eigenvalue weighted by Gasteiger charge is 2.51. The second kappa shape index (κ2) is 6.43. The molecule has 2 saturated heterocycles. The van der Waals surface area contributed by atoms with Crippen molar-refractivity contribution in [2.24, 2.45) is 11.7 Å². The van der Waals surface area contributed by atoms with E-state index in [2.05, 4.69) is 20.1 Å². The number of hydrogen-bond acceptors (Lipinski definition) is 6. The minimum absolute atomic E-state index is 0.0536. The molecule has 3 aliphatic rings. The van der Waals surface area contributed by atoms with Crippen LogP contribution in [0.2, 0.25) is 0 Å². The number of rotatable bonds is 4. The van der Waals surface area contributed by atoms with Crippen LogP contribution in [-0.2, 0) is 0 Å². The second-order valence-electron chi connectivity index (χ2n) is 7.60. The Hall–Kier alpha value is -3.23. The number of amides is 3. The van der Waals surface area contributed by atoms with Crippen LogP contribution in [0.25, 0.3) is 0 Å². The first-order valence-corrected chi connectivity index (χ1v) is 9.51. The summed E-state index contributed by atoms with van der Waals surface area (Å²) in [4.78, 5) is 34.5. The van der Waals surface area contributed by atoms with Gasteiger partial charge < -0.3 is 15.5 Å². The van der Waals surface area contributed by atoms with E-state index in [1.807, 2.05) is 40.1 Å². The molecule has 2 bridgehead atoms. The van der Waals surface area contributed by atoms with Crippen molar-refractivity contribution in [2.45, 2.75) is 24.9 Å². The lowest BCUT2D eigenvalue weighted by Gasteiger charge is -2.37. The number of piperidine rings is 1. The summed E-state index contributed by atoms with van der Waals surface area (Å²) >= 11 is 0. The highest BCUT2D eigenvalue weighted by molar-refractivity contribution is 5.94. The highest BCUT2D eigenvalue weighted by atomic mass is 16.2. The Morgan fingerprint density at radius 3 is 2.43 bits per heavy atom. The molecule has 1 aromatic carbocycles. The molecule has 2 aliphatic heterocycles. The zero-order chi connectivity index (χ0) is 19.3. The van der Waals surface area contributed by atoms with Crippen molar-refractivity contribution in [3.8, 4) is 0 Å². The zero-order valence-corrected chi connectivity index (χ0v) is 15.3. The zero-order valence-electron chi connectivity index (χ0n) is 15.3. The number of fused-ring (bicyclic) bond motifs is 2. The number of primary amides is 1. The monoisotopic (exact) mass is 379 g/mol. The number of benzene rings is 1. The second-order valence-corrected chi connectivity index (χ2v) is 7.60. The number of anilines is 2. The molecule has 5 rings (SSSR count). The summed E-state index contributed by atoms with van der Waals surface area (Å²) in [6.45, 7) is 2.26. The van der Waals surface area contributed by atoms with Gasteiger partial charge in [0.25, 0.3) is 5.91 Å². The van der Waals surface area contributed by atoms with Gasteiger partial charge in [-0.25, -0.2) is 9.78 Å². The average Bonchev–Trinajstić information content (AvgIpc) is 3.42. The normalized spacial score (nSPS) is 26.4. The maximum absolute atomic E-state index is 13.1. The largest absolute Gasteiger partial charge is 0.364 e. The van der Waals surface area contributed by atoms with Crippen LogP contribution >= 0.6 is 0 Å². The van der Waals surface area contributed by atoms with E-state index in [0.29, 0.717) is 18.4 Å². The SMILES string of the molecule is NC(=O)c1cnc(N2CC3CC(N4CCN(c5ccccc5)C4=O)C2C3)nn1. The molecular formula is C19H21N7O2. The number of aromatic nitrogens is 3. The summed E-state index contributed by atoms with van der Waals surface area (Å²) in [5.41, 5.74) is 6.20. The van der Waals surface area contributed by atoms with Crippen molar-refractivity contribution in [1.29, 1.82) is 0 Å². The molecule has 28 heavy (non-hydrogen) atoms. The Labute approximate surface area is 162 Å². The van der Waals surface area contributed by atoms with E-state index in [1.165, 1.54) is 6.20 Å². The van der Waals surface area contributed by atoms with Crippen molar-refractivity contribution in [3.05, 3.63) is 42.2 Å². The van der Waals surface area contributed by atoms with Gasteiger partial charge in [0, 0.05) is 25.3 Å². The topological polar surface area (TPSA) is 109 Å². The molecule has 0 spiro atoms. The summed E-state index contributed by atoms with van der Waals surface area (Å²) in [5.74, 6) is 0.359. The molecule has 1 aliphatic carbocycles. The van der Waals surface area contributed by atoms with E-state index in [1.54, 1.807) is 0 Å². The fraction of sp³-hybridized carbons (Fsp3) is 0.421. The third kappa shape index (κ3) is 2.65. The first kappa shape index (κ1) is 16.9. The molecule has 3 heterocycles. The minimum Gasteiger partial charge on any atom is -0.364 e. The van der Waals surface area contributed by atoms with Crippen LogP contribution in [-0.4, -0.2) is 63.7 Å². The summed E-state index contributed by atoms with van der Waals surface area (Å²) in [6.07, 6.45) is 3.38. The Kier molecular flexibility index (Phi) is 3.88. The maximum atomic E-state index is 13.1. The average molecular weight is 379 g/mol. The number of nitrogens with two attached hydrogens (primary N) is 1. The van der Waals surface area contributed by atoms with Gasteiger partial charge in [-0.2, -0.15) is 0 Å². The van der Waals surface area contributed by atoms with Crippen LogP contribution in [0.4, 0.5) is 16.4 Å². The highest BCUT2D eigenvalue weighted by Crippen LogP contribution is 2.42. The van der Waals surface area contributed by atoms with E-state index in [-0.39, 0.29) is 23.8 Å². The molecule has 2 aromatic rings. The number of hydrogen-bond donors (Lipinski definition) is 1. The maximum Gasteiger partial charge on any atom is 0.324 e. The Balaban J connectivity index is 1.35. The fourth-order valence-corrected chi connectivity index (χ4v) is 4.78. The predicted octanol–water partition coefficient (Wildman–Crippen LogP) is 0.880. The van der Waals surface area contributed by atoms with Gasteiger partial charge in [0.2, 0.25) is 5.95 Å². The predicted molar refractivity (Wildman–Crippen MR) is 102 cm³/mol. The van der Waals surface area contributed by atoms with Crippen molar-refractivity contribution in [3.63, 3.8) is 0 Å². The summed E-state index contributed by atoms with van der Waals surface area (Å²) in [6, 6.07) is 10.2. The van der Waals surface area contributed by atoms with E-state index in [4.69, 9.17) is 5.73 Å². The Bertz CT molecular complexity index is 904. The lowest BCUT2D eigenvalue weighted by molar-refractivity contribution is 0.0994. The molecule has 9 nitrogen and oxygen atoms in total. The van der Waals surface area contributed by atoms with Crippen molar-refractivity contribution < 1.29 is 9.59 Å². The molecule has 9 heteroatoms. The summed E-state index contributed by atoms with van der Waals surface area (Å²) in [7, 11) is 0. The van der Waals surface area contributed by atoms with Gasteiger partial charge in [0.05, 0.1) is 18.3 Å². The van der Waals surface area contributed by atoms with Gasteiger partial charge in [0.1, 0.15) is 0 Å². The number of carbonyl (C=O) groups is 2. The standard InChI is InChI=1S/C19H21N7O2/c20-17(27)14-10-21-18(23-22-14)26-11-12-8-15(16(26)9-12)25-7-6-24(19(25)28)13-4-2-1-3-5-13/h1-5,10,12,15-16H,6-9,11H2,(H2,20,27). The molecule has 3 atom stereocenters. The number of carbonyl (C=O) groups excluding carboxylic acids is 2. The molecule has 0 radical (unpaired) electrons. The third-order valence-electron chi connectivity index (χ3n) is 6.02. The third-order valence-corrected chi connectivity index (χ3v) is 6.02. The van der Waals surface area contributed by atoms with E-state index in [0.717, 1.165) is 31.6 Å². The van der Waals surface area contributed by atoms with Crippen LogP contribution in [0.1, 0.15) is 23.3 Å². The van der Waals surface area contributed by atoms with Gasteiger partial charge in [-0.3, -0.25) is 9.69 Å². The van der Waals surface area contributed by atoms with Crippen molar-refractivity contribution in [2.75, 3.05) is 29.4 Å². The lowest BCUT2D eigenvalue weighted by atomic mass is 10.0. The first-order valence-electron chi connectivity index (χ1n) is 9.51. The molecule has 1 saturated carbocycles. The number of nitrogens with zero attached hydrogens (tertiary/aromatic N) is 6. The van der Waals surface area contributed by atoms with Crippen LogP contribution in [0.5, 0.6) is 0 Å². The summed E-state index contributed by atoms with van der Waals surface area (Å²) < 4.78 is 0.